The Labute approximate surface area is 189 Å². The fraction of sp³-hybridized carbons (Fsp3) is 0.0769. The highest BCUT2D eigenvalue weighted by molar-refractivity contribution is 8.00. The number of carbonyl (C=O) groups excluding carboxylic acids is 2. The summed E-state index contributed by atoms with van der Waals surface area (Å²) in [5.74, 6) is 2.06. The van der Waals surface area contributed by atoms with Crippen LogP contribution in [0.25, 0.3) is 5.70 Å². The summed E-state index contributed by atoms with van der Waals surface area (Å²) in [7, 11) is 0. The fourth-order valence-corrected chi connectivity index (χ4v) is 5.31. The molecule has 1 aliphatic carbocycles. The van der Waals surface area contributed by atoms with Gasteiger partial charge < -0.3 is 15.7 Å². The molecule has 3 aromatic rings. The van der Waals surface area contributed by atoms with Crippen molar-refractivity contribution in [3.63, 3.8) is 0 Å². The number of carbonyl (C=O) groups is 2. The van der Waals surface area contributed by atoms with E-state index in [0.717, 1.165) is 27.4 Å². The molecule has 2 aliphatic rings. The van der Waals surface area contributed by atoms with Gasteiger partial charge in [-0.15, -0.1) is 18.2 Å². The number of aromatic hydroxyl groups is 1. The normalized spacial score (nSPS) is 16.2. The molecule has 1 atom stereocenters. The predicted molar refractivity (Wildman–Crippen MR) is 126 cm³/mol. The highest BCUT2D eigenvalue weighted by Gasteiger charge is 2.38. The average Bonchev–Trinajstić information content (AvgIpc) is 2.96. The minimum Gasteiger partial charge on any atom is -0.508 e. The van der Waals surface area contributed by atoms with Crippen molar-refractivity contribution in [2.45, 2.75) is 10.1 Å². The molecule has 0 saturated heterocycles. The quantitative estimate of drug-likeness (QED) is 0.520. The lowest BCUT2D eigenvalue weighted by atomic mass is 10.00. The minimum absolute atomic E-state index is 0.118. The van der Waals surface area contributed by atoms with Crippen LogP contribution >= 0.6 is 11.8 Å². The van der Waals surface area contributed by atoms with E-state index in [1.807, 2.05) is 30.3 Å². The van der Waals surface area contributed by atoms with Crippen molar-refractivity contribution in [1.82, 2.24) is 5.32 Å². The van der Waals surface area contributed by atoms with Gasteiger partial charge in [0.05, 0.1) is 23.2 Å². The van der Waals surface area contributed by atoms with Crippen molar-refractivity contribution in [1.29, 1.82) is 0 Å². The van der Waals surface area contributed by atoms with E-state index in [-0.39, 0.29) is 29.2 Å². The third kappa shape index (κ3) is 3.33. The maximum absolute atomic E-state index is 13.7. The number of hydrogen-bond donors (Lipinski definition) is 3. The number of nitrogens with one attached hydrogen (secondary N) is 2. The zero-order valence-electron chi connectivity index (χ0n) is 16.9. The average molecular weight is 439 g/mol. The topological polar surface area (TPSA) is 78.4 Å². The molecule has 0 saturated carbocycles. The summed E-state index contributed by atoms with van der Waals surface area (Å²) < 4.78 is 0. The maximum atomic E-state index is 13.7. The first-order valence-electron chi connectivity index (χ1n) is 10.0. The number of ketones is 1. The molecule has 0 fully saturated rings. The van der Waals surface area contributed by atoms with Gasteiger partial charge >= 0.3 is 0 Å². The van der Waals surface area contributed by atoms with Crippen molar-refractivity contribution in [2.24, 2.45) is 0 Å². The number of amides is 1. The summed E-state index contributed by atoms with van der Waals surface area (Å²) in [5, 5.41) is 15.8. The first kappa shape index (κ1) is 20.0. The van der Waals surface area contributed by atoms with E-state index in [9.17, 15) is 14.7 Å². The molecule has 1 heterocycles. The van der Waals surface area contributed by atoms with E-state index >= 15 is 0 Å². The van der Waals surface area contributed by atoms with Gasteiger partial charge in [0.25, 0.3) is 5.91 Å². The number of fused-ring (bicyclic) bond motifs is 3. The predicted octanol–water partition coefficient (Wildman–Crippen LogP) is 4.62. The van der Waals surface area contributed by atoms with Gasteiger partial charge in [0, 0.05) is 27.2 Å². The molecule has 0 bridgehead atoms. The largest absolute Gasteiger partial charge is 0.508 e. The molecular weight excluding hydrogens is 420 g/mol. The highest BCUT2D eigenvalue weighted by atomic mass is 32.2. The first-order valence-corrected chi connectivity index (χ1v) is 10.9. The van der Waals surface area contributed by atoms with Gasteiger partial charge in [-0.3, -0.25) is 9.59 Å². The van der Waals surface area contributed by atoms with E-state index in [2.05, 4.69) is 16.6 Å². The fourth-order valence-electron chi connectivity index (χ4n) is 4.03. The third-order valence-electron chi connectivity index (χ3n) is 5.49. The van der Waals surface area contributed by atoms with Gasteiger partial charge in [-0.2, -0.15) is 0 Å². The molecule has 5 rings (SSSR count). The van der Waals surface area contributed by atoms with Crippen LogP contribution < -0.4 is 10.6 Å². The van der Waals surface area contributed by atoms with Gasteiger partial charge in [0.1, 0.15) is 5.75 Å². The van der Waals surface area contributed by atoms with Gasteiger partial charge in [-0.25, -0.2) is 0 Å². The second kappa shape index (κ2) is 7.95. The van der Waals surface area contributed by atoms with Crippen LogP contribution in [0, 0.1) is 12.3 Å². The van der Waals surface area contributed by atoms with E-state index in [4.69, 9.17) is 6.42 Å². The Balaban J connectivity index is 1.64. The second-order valence-corrected chi connectivity index (χ2v) is 8.63. The van der Waals surface area contributed by atoms with E-state index in [1.54, 1.807) is 48.2 Å². The van der Waals surface area contributed by atoms with Gasteiger partial charge in [-0.1, -0.05) is 36.3 Å². The molecule has 32 heavy (non-hydrogen) atoms. The SMILES string of the molecule is C#CCNC(=O)c1ccc2c(c1)C(=O)C1=C2Nc2ccccc2SC1c1cccc(O)c1. The molecular formula is C26H18N2O3S. The summed E-state index contributed by atoms with van der Waals surface area (Å²) in [6, 6.07) is 20.0. The molecule has 156 valence electrons. The molecule has 5 nitrogen and oxygen atoms in total. The molecule has 0 radical (unpaired) electrons. The Morgan fingerprint density at radius 2 is 1.94 bits per heavy atom. The zero-order chi connectivity index (χ0) is 22.2. The third-order valence-corrected chi connectivity index (χ3v) is 6.84. The lowest BCUT2D eigenvalue weighted by Crippen LogP contribution is -2.23. The number of rotatable bonds is 3. The number of phenols is 1. The summed E-state index contributed by atoms with van der Waals surface area (Å²) in [6.07, 6.45) is 5.23. The van der Waals surface area contributed by atoms with Crippen molar-refractivity contribution in [2.75, 3.05) is 11.9 Å². The smallest absolute Gasteiger partial charge is 0.252 e. The zero-order valence-corrected chi connectivity index (χ0v) is 17.7. The van der Waals surface area contributed by atoms with Crippen molar-refractivity contribution in [3.8, 4) is 18.1 Å². The van der Waals surface area contributed by atoms with Crippen LogP contribution in [0.3, 0.4) is 0 Å². The number of hydrogen-bond acceptors (Lipinski definition) is 5. The van der Waals surface area contributed by atoms with Crippen molar-refractivity contribution >= 4 is 34.8 Å². The molecule has 1 amide bonds. The number of para-hydroxylation sites is 1. The Morgan fingerprint density at radius 1 is 1.09 bits per heavy atom. The molecule has 1 aliphatic heterocycles. The summed E-state index contributed by atoms with van der Waals surface area (Å²) in [4.78, 5) is 27.1. The van der Waals surface area contributed by atoms with Crippen molar-refractivity contribution in [3.05, 3.63) is 94.6 Å². The van der Waals surface area contributed by atoms with E-state index < -0.39 is 0 Å². The van der Waals surface area contributed by atoms with Gasteiger partial charge in [-0.05, 0) is 42.0 Å². The molecule has 1 unspecified atom stereocenters. The van der Waals surface area contributed by atoms with Crippen LogP contribution in [-0.4, -0.2) is 23.3 Å². The Hall–Kier alpha value is -3.95. The Bertz CT molecular complexity index is 1350. The Kier molecular flexibility index (Phi) is 4.96. The van der Waals surface area contributed by atoms with Crippen LogP contribution in [0.4, 0.5) is 5.69 Å². The van der Waals surface area contributed by atoms with Crippen LogP contribution in [-0.2, 0) is 0 Å². The van der Waals surface area contributed by atoms with Crippen molar-refractivity contribution < 1.29 is 14.7 Å². The molecule has 3 aromatic carbocycles. The lowest BCUT2D eigenvalue weighted by Gasteiger charge is -2.17. The summed E-state index contributed by atoms with van der Waals surface area (Å²) >= 11 is 1.56. The first-order chi connectivity index (χ1) is 15.6. The molecule has 0 spiro atoms. The lowest BCUT2D eigenvalue weighted by molar-refractivity contribution is 0.0958. The van der Waals surface area contributed by atoms with Gasteiger partial charge in [0.2, 0.25) is 0 Å². The molecule has 3 N–H and O–H groups in total. The summed E-state index contributed by atoms with van der Waals surface area (Å²) in [5.41, 5.74) is 4.67. The Morgan fingerprint density at radius 3 is 2.75 bits per heavy atom. The monoisotopic (exact) mass is 438 g/mol. The van der Waals surface area contributed by atoms with Crippen LogP contribution in [0.2, 0.25) is 0 Å². The summed E-state index contributed by atoms with van der Waals surface area (Å²) in [6.45, 7) is 0.118. The number of thioether (sulfide) groups is 1. The standard InChI is InChI=1S/C26H18N2O3S/c1-2-12-27-26(31)16-10-11-18-19(14-16)24(30)22-23(18)28-20-8-3-4-9-21(20)32-25(22)15-6-5-7-17(29)13-15/h1,3-11,13-14,25,28-29H,12H2,(H,27,31). The van der Waals surface area contributed by atoms with E-state index in [1.165, 1.54) is 0 Å². The number of Topliss-reactive ketones (excluding diaryl/α,β-unsaturated/α-hetero) is 1. The van der Waals surface area contributed by atoms with Crippen LogP contribution in [0.1, 0.15) is 37.1 Å². The molecule has 6 heteroatoms. The van der Waals surface area contributed by atoms with E-state index in [0.29, 0.717) is 16.7 Å². The minimum atomic E-state index is -0.327. The highest BCUT2D eigenvalue weighted by Crippen LogP contribution is 2.52. The number of benzene rings is 3. The number of anilines is 1. The number of terminal acetylenes is 1. The molecule has 0 aromatic heterocycles. The second-order valence-electron chi connectivity index (χ2n) is 7.48. The maximum Gasteiger partial charge on any atom is 0.252 e. The van der Waals surface area contributed by atoms with Crippen LogP contribution in [0.5, 0.6) is 5.75 Å². The van der Waals surface area contributed by atoms with Gasteiger partial charge in [0.15, 0.2) is 5.78 Å². The number of phenolic OH excluding ortho intramolecular Hbond substituents is 1. The van der Waals surface area contributed by atoms with Crippen LogP contribution in [0.15, 0.2) is 77.2 Å².